The maximum Gasteiger partial charge on any atom is 0.226 e. The van der Waals surface area contributed by atoms with Crippen molar-refractivity contribution in [3.63, 3.8) is 0 Å². The Kier molecular flexibility index (Phi) is 3.29. The Bertz CT molecular complexity index is 433. The monoisotopic (exact) mass is 263 g/mol. The van der Waals surface area contributed by atoms with Crippen LogP contribution >= 0.6 is 11.6 Å². The highest BCUT2D eigenvalue weighted by molar-refractivity contribution is 6.18. The molecule has 1 aromatic rings. The molecular formula is C15H18ClNO. The summed E-state index contributed by atoms with van der Waals surface area (Å²) in [6.45, 7) is 0.897. The molecule has 3 rings (SSSR count). The fourth-order valence-electron chi connectivity index (χ4n) is 3.04. The number of alkyl halides is 1. The Labute approximate surface area is 113 Å². The molecule has 1 aliphatic carbocycles. The number of halogens is 1. The Morgan fingerprint density at radius 2 is 2.11 bits per heavy atom. The predicted octanol–water partition coefficient (Wildman–Crippen LogP) is 3.02. The molecule has 0 bridgehead atoms. The van der Waals surface area contributed by atoms with Crippen LogP contribution in [0, 0.1) is 5.92 Å². The summed E-state index contributed by atoms with van der Waals surface area (Å²) in [5.74, 6) is 1.55. The van der Waals surface area contributed by atoms with Gasteiger partial charge in [0.05, 0.1) is 0 Å². The number of carbonyl (C=O) groups excluding carboxylic acids is 1. The molecule has 1 aliphatic heterocycles. The van der Waals surface area contributed by atoms with Crippen molar-refractivity contribution in [1.82, 2.24) is 4.90 Å². The predicted molar refractivity (Wildman–Crippen MR) is 72.7 cm³/mol. The Hall–Kier alpha value is -1.02. The highest BCUT2D eigenvalue weighted by Gasteiger charge is 2.47. The minimum Gasteiger partial charge on any atom is -0.338 e. The van der Waals surface area contributed by atoms with E-state index >= 15 is 0 Å². The third-order valence-electron chi connectivity index (χ3n) is 4.17. The minimum atomic E-state index is 0.205. The van der Waals surface area contributed by atoms with Gasteiger partial charge < -0.3 is 4.90 Å². The van der Waals surface area contributed by atoms with Crippen LogP contribution in [0.3, 0.4) is 0 Å². The smallest absolute Gasteiger partial charge is 0.226 e. The fourth-order valence-corrected chi connectivity index (χ4v) is 3.36. The number of likely N-dealkylation sites (tertiary alicyclic amines) is 1. The molecule has 3 atom stereocenters. The number of hydrogen-bond donors (Lipinski definition) is 0. The van der Waals surface area contributed by atoms with Gasteiger partial charge in [-0.3, -0.25) is 4.79 Å². The third kappa shape index (κ3) is 2.14. The Morgan fingerprint density at radius 1 is 1.33 bits per heavy atom. The quantitative estimate of drug-likeness (QED) is 0.768. The second-order valence-corrected chi connectivity index (χ2v) is 5.65. The summed E-state index contributed by atoms with van der Waals surface area (Å²) in [6, 6.07) is 10.6. The van der Waals surface area contributed by atoms with Crippen molar-refractivity contribution < 1.29 is 4.79 Å². The first-order valence-corrected chi connectivity index (χ1v) is 7.26. The number of hydrogen-bond acceptors (Lipinski definition) is 1. The van der Waals surface area contributed by atoms with Gasteiger partial charge in [-0.2, -0.15) is 0 Å². The second-order valence-electron chi connectivity index (χ2n) is 5.34. The third-order valence-corrected chi connectivity index (χ3v) is 4.53. The van der Waals surface area contributed by atoms with E-state index < -0.39 is 0 Å². The van der Waals surface area contributed by atoms with Crippen molar-refractivity contribution in [3.05, 3.63) is 35.9 Å². The van der Waals surface area contributed by atoms with E-state index in [-0.39, 0.29) is 12.0 Å². The van der Waals surface area contributed by atoms with Crippen LogP contribution < -0.4 is 0 Å². The highest BCUT2D eigenvalue weighted by atomic mass is 35.5. The summed E-state index contributed by atoms with van der Waals surface area (Å²) >= 11 is 5.93. The normalized spacial score (nSPS) is 30.5. The standard InChI is InChI=1S/C15H18ClNO/c16-10-12-7-4-8-17(12)15(18)14-9-13(14)11-5-2-1-3-6-11/h1-3,5-6,12-14H,4,7-10H2. The molecule has 1 amide bonds. The van der Waals surface area contributed by atoms with E-state index in [1.807, 2.05) is 23.1 Å². The molecule has 1 heterocycles. The molecule has 0 radical (unpaired) electrons. The molecule has 18 heavy (non-hydrogen) atoms. The van der Waals surface area contributed by atoms with Crippen LogP contribution in [0.5, 0.6) is 0 Å². The van der Waals surface area contributed by atoms with Crippen LogP contribution in [0.1, 0.15) is 30.7 Å². The van der Waals surface area contributed by atoms with Crippen molar-refractivity contribution in [3.8, 4) is 0 Å². The van der Waals surface area contributed by atoms with Crippen molar-refractivity contribution in [1.29, 1.82) is 0 Å². The zero-order valence-electron chi connectivity index (χ0n) is 10.4. The molecule has 2 nitrogen and oxygen atoms in total. The highest BCUT2D eigenvalue weighted by Crippen LogP contribution is 2.49. The van der Waals surface area contributed by atoms with E-state index in [1.165, 1.54) is 5.56 Å². The summed E-state index contributed by atoms with van der Waals surface area (Å²) in [5.41, 5.74) is 1.30. The summed E-state index contributed by atoms with van der Waals surface area (Å²) in [4.78, 5) is 14.4. The largest absolute Gasteiger partial charge is 0.338 e. The number of nitrogens with zero attached hydrogens (tertiary/aromatic N) is 1. The lowest BCUT2D eigenvalue weighted by Crippen LogP contribution is -2.37. The molecule has 3 heteroatoms. The van der Waals surface area contributed by atoms with Gasteiger partial charge in [0, 0.05) is 24.4 Å². The van der Waals surface area contributed by atoms with Gasteiger partial charge >= 0.3 is 0 Å². The number of amides is 1. The van der Waals surface area contributed by atoms with Crippen LogP contribution in [0.2, 0.25) is 0 Å². The molecule has 3 unspecified atom stereocenters. The molecule has 2 fully saturated rings. The fraction of sp³-hybridized carbons (Fsp3) is 0.533. The Balaban J connectivity index is 1.66. The number of carbonyl (C=O) groups is 1. The molecule has 0 aromatic heterocycles. The average molecular weight is 264 g/mol. The van der Waals surface area contributed by atoms with Crippen LogP contribution in [-0.2, 0) is 4.79 Å². The second kappa shape index (κ2) is 4.93. The van der Waals surface area contributed by atoms with E-state index in [4.69, 9.17) is 11.6 Å². The van der Waals surface area contributed by atoms with Gasteiger partial charge in [0.2, 0.25) is 5.91 Å². The maximum atomic E-state index is 12.4. The lowest BCUT2D eigenvalue weighted by Gasteiger charge is -2.23. The van der Waals surface area contributed by atoms with E-state index in [2.05, 4.69) is 12.1 Å². The molecule has 2 aliphatic rings. The molecule has 1 saturated carbocycles. The number of benzene rings is 1. The van der Waals surface area contributed by atoms with Gasteiger partial charge in [0.15, 0.2) is 0 Å². The van der Waals surface area contributed by atoms with Crippen LogP contribution in [0.25, 0.3) is 0 Å². The van der Waals surface area contributed by atoms with Crippen LogP contribution in [-0.4, -0.2) is 29.3 Å². The zero-order valence-corrected chi connectivity index (χ0v) is 11.1. The van der Waals surface area contributed by atoms with Crippen LogP contribution in [0.15, 0.2) is 30.3 Å². The SMILES string of the molecule is O=C(C1CC1c1ccccc1)N1CCCC1CCl. The maximum absolute atomic E-state index is 12.4. The van der Waals surface area contributed by atoms with Crippen molar-refractivity contribution in [2.75, 3.05) is 12.4 Å². The topological polar surface area (TPSA) is 20.3 Å². The van der Waals surface area contributed by atoms with E-state index in [0.717, 1.165) is 25.8 Å². The lowest BCUT2D eigenvalue weighted by molar-refractivity contribution is -0.133. The molecular weight excluding hydrogens is 246 g/mol. The first kappa shape index (κ1) is 12.0. The van der Waals surface area contributed by atoms with Gasteiger partial charge in [-0.05, 0) is 30.7 Å². The van der Waals surface area contributed by atoms with Gasteiger partial charge in [-0.1, -0.05) is 30.3 Å². The first-order chi connectivity index (χ1) is 8.81. The minimum absolute atomic E-state index is 0.205. The molecule has 0 spiro atoms. The van der Waals surface area contributed by atoms with Crippen LogP contribution in [0.4, 0.5) is 0 Å². The molecule has 96 valence electrons. The van der Waals surface area contributed by atoms with Gasteiger partial charge in [0.1, 0.15) is 0 Å². The number of rotatable bonds is 3. The van der Waals surface area contributed by atoms with E-state index in [9.17, 15) is 4.79 Å². The molecule has 1 saturated heterocycles. The van der Waals surface area contributed by atoms with E-state index in [0.29, 0.717) is 17.7 Å². The summed E-state index contributed by atoms with van der Waals surface area (Å²) in [7, 11) is 0. The summed E-state index contributed by atoms with van der Waals surface area (Å²) < 4.78 is 0. The molecule has 1 aromatic carbocycles. The summed E-state index contributed by atoms with van der Waals surface area (Å²) in [5, 5.41) is 0. The van der Waals surface area contributed by atoms with Gasteiger partial charge in [-0.15, -0.1) is 11.6 Å². The first-order valence-electron chi connectivity index (χ1n) is 6.72. The Morgan fingerprint density at radius 3 is 2.83 bits per heavy atom. The van der Waals surface area contributed by atoms with Crippen molar-refractivity contribution >= 4 is 17.5 Å². The van der Waals surface area contributed by atoms with Gasteiger partial charge in [0.25, 0.3) is 0 Å². The van der Waals surface area contributed by atoms with Crippen molar-refractivity contribution in [2.24, 2.45) is 5.92 Å². The average Bonchev–Trinajstić information content (AvgIpc) is 3.08. The molecule has 0 N–H and O–H groups in total. The van der Waals surface area contributed by atoms with Crippen molar-refractivity contribution in [2.45, 2.75) is 31.2 Å². The van der Waals surface area contributed by atoms with Gasteiger partial charge in [-0.25, -0.2) is 0 Å². The summed E-state index contributed by atoms with van der Waals surface area (Å²) in [6.07, 6.45) is 3.18. The zero-order chi connectivity index (χ0) is 12.5. The lowest BCUT2D eigenvalue weighted by atomic mass is 10.1. The van der Waals surface area contributed by atoms with E-state index in [1.54, 1.807) is 0 Å².